The summed E-state index contributed by atoms with van der Waals surface area (Å²) in [6.07, 6.45) is 1.65. The van der Waals surface area contributed by atoms with Crippen LogP contribution in [0.15, 0.2) is 45.6 Å². The first-order valence-electron chi connectivity index (χ1n) is 10.6. The van der Waals surface area contributed by atoms with Crippen molar-refractivity contribution in [2.45, 2.75) is 31.9 Å². The number of halogens is 1. The van der Waals surface area contributed by atoms with Gasteiger partial charge in [0.2, 0.25) is 5.76 Å². The van der Waals surface area contributed by atoms with E-state index in [-0.39, 0.29) is 40.3 Å². The van der Waals surface area contributed by atoms with Gasteiger partial charge < -0.3 is 23.9 Å². The Morgan fingerprint density at radius 3 is 2.81 bits per heavy atom. The van der Waals surface area contributed by atoms with Crippen LogP contribution >= 0.6 is 11.6 Å². The van der Waals surface area contributed by atoms with Gasteiger partial charge in [-0.05, 0) is 55.7 Å². The fourth-order valence-corrected chi connectivity index (χ4v) is 4.68. The number of phenolic OH excluding ortho intramolecular Hbond substituents is 1. The molecule has 5 rings (SSSR count). The van der Waals surface area contributed by atoms with Crippen molar-refractivity contribution in [2.24, 2.45) is 0 Å². The molecule has 2 aromatic carbocycles. The van der Waals surface area contributed by atoms with E-state index in [4.69, 9.17) is 25.5 Å². The summed E-state index contributed by atoms with van der Waals surface area (Å²) in [5, 5.41) is 10.9. The zero-order chi connectivity index (χ0) is 22.4. The number of hydrogen-bond acceptors (Lipinski definition) is 6. The van der Waals surface area contributed by atoms with Crippen molar-refractivity contribution < 1.29 is 23.8 Å². The average Bonchev–Trinajstić information content (AvgIpc) is 3.38. The van der Waals surface area contributed by atoms with Gasteiger partial charge in [-0.1, -0.05) is 17.7 Å². The summed E-state index contributed by atoms with van der Waals surface area (Å²) in [5.41, 5.74) is 0.911. The Labute approximate surface area is 189 Å². The van der Waals surface area contributed by atoms with E-state index in [1.807, 2.05) is 6.92 Å². The summed E-state index contributed by atoms with van der Waals surface area (Å²) < 4.78 is 17.2. The lowest BCUT2D eigenvalue weighted by Gasteiger charge is -2.27. The summed E-state index contributed by atoms with van der Waals surface area (Å²) in [6.45, 7) is 3.16. The van der Waals surface area contributed by atoms with E-state index in [0.717, 1.165) is 12.8 Å². The molecule has 2 aliphatic heterocycles. The Hall–Kier alpha value is -3.03. The van der Waals surface area contributed by atoms with Crippen molar-refractivity contribution in [1.82, 2.24) is 4.90 Å². The molecule has 0 radical (unpaired) electrons. The largest absolute Gasteiger partial charge is 0.504 e. The molecule has 0 spiro atoms. The lowest BCUT2D eigenvalue weighted by Crippen LogP contribution is -2.36. The van der Waals surface area contributed by atoms with Gasteiger partial charge in [0.15, 0.2) is 16.9 Å². The normalized spacial score (nSPS) is 20.2. The van der Waals surface area contributed by atoms with Crippen LogP contribution in [0.4, 0.5) is 0 Å². The Kier molecular flexibility index (Phi) is 5.31. The van der Waals surface area contributed by atoms with Crippen LogP contribution in [0.1, 0.15) is 47.5 Å². The maximum absolute atomic E-state index is 13.6. The molecule has 3 heterocycles. The first-order chi connectivity index (χ1) is 15.5. The molecule has 0 saturated carbocycles. The van der Waals surface area contributed by atoms with Crippen LogP contribution in [0.25, 0.3) is 11.0 Å². The van der Waals surface area contributed by atoms with Gasteiger partial charge >= 0.3 is 0 Å². The highest BCUT2D eigenvalue weighted by molar-refractivity contribution is 6.31. The molecule has 1 aromatic heterocycles. The molecule has 1 fully saturated rings. The molecule has 2 aliphatic rings. The molecule has 2 unspecified atom stereocenters. The molecule has 8 heteroatoms. The first kappa shape index (κ1) is 20.8. The van der Waals surface area contributed by atoms with Crippen LogP contribution in [-0.2, 0) is 4.74 Å². The highest BCUT2D eigenvalue weighted by atomic mass is 35.5. The van der Waals surface area contributed by atoms with E-state index >= 15 is 0 Å². The maximum Gasteiger partial charge on any atom is 0.291 e. The van der Waals surface area contributed by atoms with Gasteiger partial charge in [0, 0.05) is 18.2 Å². The summed E-state index contributed by atoms with van der Waals surface area (Å²) in [5.74, 6) is -0.0568. The van der Waals surface area contributed by atoms with Crippen LogP contribution in [0.3, 0.4) is 0 Å². The van der Waals surface area contributed by atoms with Crippen molar-refractivity contribution in [3.8, 4) is 11.5 Å². The van der Waals surface area contributed by atoms with Crippen LogP contribution in [0, 0.1) is 0 Å². The number of amides is 1. The summed E-state index contributed by atoms with van der Waals surface area (Å²) in [4.78, 5) is 28.6. The smallest absolute Gasteiger partial charge is 0.291 e. The molecule has 0 bridgehead atoms. The average molecular weight is 456 g/mol. The Morgan fingerprint density at radius 2 is 2.06 bits per heavy atom. The van der Waals surface area contributed by atoms with E-state index < -0.39 is 6.04 Å². The molecule has 2 atom stereocenters. The van der Waals surface area contributed by atoms with Crippen LogP contribution in [-0.4, -0.2) is 41.8 Å². The number of rotatable bonds is 5. The lowest BCUT2D eigenvalue weighted by molar-refractivity contribution is 0.0486. The molecular formula is C24H22ClNO6. The number of carbonyl (C=O) groups is 1. The molecule has 32 heavy (non-hydrogen) atoms. The third kappa shape index (κ3) is 3.42. The molecule has 166 valence electrons. The second-order valence-corrected chi connectivity index (χ2v) is 8.41. The third-order valence-corrected chi connectivity index (χ3v) is 6.19. The Morgan fingerprint density at radius 1 is 1.22 bits per heavy atom. The zero-order valence-corrected chi connectivity index (χ0v) is 18.2. The number of nitrogens with zero attached hydrogens (tertiary/aromatic N) is 1. The van der Waals surface area contributed by atoms with Crippen LogP contribution in [0.5, 0.6) is 11.5 Å². The lowest BCUT2D eigenvalue weighted by atomic mass is 9.98. The van der Waals surface area contributed by atoms with Gasteiger partial charge in [-0.15, -0.1) is 0 Å². The van der Waals surface area contributed by atoms with E-state index in [2.05, 4.69) is 0 Å². The molecule has 1 amide bonds. The molecule has 1 N–H and O–H groups in total. The highest BCUT2D eigenvalue weighted by Gasteiger charge is 2.44. The molecular weight excluding hydrogens is 434 g/mol. The number of benzene rings is 2. The second kappa shape index (κ2) is 8.15. The van der Waals surface area contributed by atoms with Crippen LogP contribution < -0.4 is 10.2 Å². The standard InChI is InChI=1S/C24H22ClNO6/c1-2-30-19-10-13(5-7-17(19)27)21-20-22(28)16-11-14(25)6-8-18(16)32-23(20)24(29)26(21)12-15-4-3-9-31-15/h5-8,10-11,15,21,27H,2-4,9,12H2,1H3. The minimum Gasteiger partial charge on any atom is -0.504 e. The molecule has 1 saturated heterocycles. The third-order valence-electron chi connectivity index (χ3n) is 5.95. The number of hydrogen-bond donors (Lipinski definition) is 1. The predicted octanol–water partition coefficient (Wildman–Crippen LogP) is 4.27. The Bertz CT molecular complexity index is 1260. The van der Waals surface area contributed by atoms with E-state index in [0.29, 0.717) is 41.3 Å². The van der Waals surface area contributed by atoms with Gasteiger partial charge in [-0.2, -0.15) is 0 Å². The number of fused-ring (bicyclic) bond motifs is 2. The van der Waals surface area contributed by atoms with Crippen molar-refractivity contribution in [2.75, 3.05) is 19.8 Å². The first-order valence-corrected chi connectivity index (χ1v) is 11.0. The molecule has 0 aliphatic carbocycles. The number of aromatic hydroxyl groups is 1. The quantitative estimate of drug-likeness (QED) is 0.617. The monoisotopic (exact) mass is 455 g/mol. The SMILES string of the molecule is CCOc1cc(C2c3c(oc4ccc(Cl)cc4c3=O)C(=O)N2CC2CCCO2)ccc1O. The second-order valence-electron chi connectivity index (χ2n) is 7.97. The minimum absolute atomic E-state index is 0.0110. The van der Waals surface area contributed by atoms with Crippen molar-refractivity contribution in [1.29, 1.82) is 0 Å². The van der Waals surface area contributed by atoms with Crippen molar-refractivity contribution in [3.05, 3.63) is 68.5 Å². The summed E-state index contributed by atoms with van der Waals surface area (Å²) in [6, 6.07) is 8.93. The van der Waals surface area contributed by atoms with Gasteiger partial charge in [0.05, 0.1) is 29.7 Å². The topological polar surface area (TPSA) is 89.2 Å². The zero-order valence-electron chi connectivity index (χ0n) is 17.5. The van der Waals surface area contributed by atoms with E-state index in [9.17, 15) is 14.7 Å². The van der Waals surface area contributed by atoms with Gasteiger partial charge in [0.1, 0.15) is 5.58 Å². The van der Waals surface area contributed by atoms with Gasteiger partial charge in [-0.25, -0.2) is 0 Å². The molecule has 7 nitrogen and oxygen atoms in total. The van der Waals surface area contributed by atoms with Gasteiger partial charge in [-0.3, -0.25) is 9.59 Å². The summed E-state index contributed by atoms with van der Waals surface area (Å²) in [7, 11) is 0. The maximum atomic E-state index is 13.6. The van der Waals surface area contributed by atoms with E-state index in [1.165, 1.54) is 6.07 Å². The number of carbonyl (C=O) groups excluding carboxylic acids is 1. The number of ether oxygens (including phenoxy) is 2. The fourth-order valence-electron chi connectivity index (χ4n) is 4.51. The highest BCUT2D eigenvalue weighted by Crippen LogP contribution is 2.41. The minimum atomic E-state index is -0.693. The Balaban J connectivity index is 1.70. The molecule has 3 aromatic rings. The van der Waals surface area contributed by atoms with Crippen molar-refractivity contribution >= 4 is 28.5 Å². The van der Waals surface area contributed by atoms with Crippen molar-refractivity contribution in [3.63, 3.8) is 0 Å². The predicted molar refractivity (Wildman–Crippen MR) is 119 cm³/mol. The summed E-state index contributed by atoms with van der Waals surface area (Å²) >= 11 is 6.12. The van der Waals surface area contributed by atoms with E-state index in [1.54, 1.807) is 35.2 Å². The number of phenols is 1. The van der Waals surface area contributed by atoms with Crippen LogP contribution in [0.2, 0.25) is 5.02 Å². The van der Waals surface area contributed by atoms with Gasteiger partial charge in [0.25, 0.3) is 5.91 Å². The fraction of sp³-hybridized carbons (Fsp3) is 0.333.